The van der Waals surface area contributed by atoms with Crippen LogP contribution in [0.1, 0.15) is 25.7 Å². The van der Waals surface area contributed by atoms with Crippen LogP contribution in [0.15, 0.2) is 0 Å². The predicted molar refractivity (Wildman–Crippen MR) is 62.6 cm³/mol. The monoisotopic (exact) mass is 280 g/mol. The van der Waals surface area contributed by atoms with E-state index in [1.54, 1.807) is 4.90 Å². The molecule has 1 aliphatic heterocycles. The highest BCUT2D eigenvalue weighted by Crippen LogP contribution is 2.22. The molecule has 1 saturated heterocycles. The maximum absolute atomic E-state index is 12.1. The largest absolute Gasteiger partial charge is 0.411 e. The number of piperidine rings is 1. The number of alkyl halides is 3. The van der Waals surface area contributed by atoms with E-state index in [-0.39, 0.29) is 25.1 Å². The maximum Gasteiger partial charge on any atom is 0.411 e. The van der Waals surface area contributed by atoms with Crippen molar-refractivity contribution in [3.63, 3.8) is 0 Å². The third-order valence-corrected chi connectivity index (χ3v) is 3.32. The van der Waals surface area contributed by atoms with Gasteiger partial charge in [-0.3, -0.25) is 4.79 Å². The smallest absolute Gasteiger partial charge is 0.370 e. The molecule has 1 heterocycles. The Hall–Kier alpha value is -0.820. The van der Waals surface area contributed by atoms with Gasteiger partial charge in [0.05, 0.1) is 12.6 Å². The molecule has 1 saturated carbocycles. The summed E-state index contributed by atoms with van der Waals surface area (Å²) in [5, 5.41) is 3.28. The average molecular weight is 280 g/mol. The fourth-order valence-electron chi connectivity index (χ4n) is 2.21. The van der Waals surface area contributed by atoms with Gasteiger partial charge in [-0.2, -0.15) is 13.2 Å². The summed E-state index contributed by atoms with van der Waals surface area (Å²) in [5.74, 6) is -0.00578. The Labute approximate surface area is 110 Å². The van der Waals surface area contributed by atoms with Gasteiger partial charge in [-0.25, -0.2) is 0 Å². The van der Waals surface area contributed by atoms with E-state index in [0.717, 1.165) is 25.7 Å². The summed E-state index contributed by atoms with van der Waals surface area (Å²) in [4.78, 5) is 13.7. The van der Waals surface area contributed by atoms with Crippen molar-refractivity contribution in [3.8, 4) is 0 Å². The van der Waals surface area contributed by atoms with Gasteiger partial charge in [-0.1, -0.05) is 0 Å². The van der Waals surface area contributed by atoms with E-state index in [0.29, 0.717) is 12.6 Å². The Kier molecular flexibility index (Phi) is 4.67. The zero-order valence-corrected chi connectivity index (χ0v) is 10.7. The summed E-state index contributed by atoms with van der Waals surface area (Å²) in [6.07, 6.45) is -0.385. The van der Waals surface area contributed by atoms with Crippen LogP contribution in [0.4, 0.5) is 13.2 Å². The zero-order chi connectivity index (χ0) is 13.9. The quantitative estimate of drug-likeness (QED) is 0.746. The molecular formula is C12H19F3N2O2. The van der Waals surface area contributed by atoms with Crippen molar-refractivity contribution in [2.45, 2.75) is 43.9 Å². The molecule has 2 fully saturated rings. The summed E-state index contributed by atoms with van der Waals surface area (Å²) in [7, 11) is 0. The molecule has 1 unspecified atom stereocenters. The Balaban J connectivity index is 1.68. The van der Waals surface area contributed by atoms with E-state index in [1.165, 1.54) is 0 Å². The number of ether oxygens (including phenoxy) is 1. The van der Waals surface area contributed by atoms with Crippen molar-refractivity contribution in [3.05, 3.63) is 0 Å². The van der Waals surface area contributed by atoms with Gasteiger partial charge < -0.3 is 15.0 Å². The lowest BCUT2D eigenvalue weighted by Gasteiger charge is -2.32. The summed E-state index contributed by atoms with van der Waals surface area (Å²) in [6, 6.07) is 0.291. The molecule has 0 aromatic carbocycles. The molecule has 0 aromatic rings. The predicted octanol–water partition coefficient (Wildman–Crippen LogP) is 1.31. The van der Waals surface area contributed by atoms with Crippen molar-refractivity contribution in [2.75, 3.05) is 26.3 Å². The second kappa shape index (κ2) is 6.09. The molecule has 1 amide bonds. The molecule has 0 radical (unpaired) electrons. The van der Waals surface area contributed by atoms with Gasteiger partial charge in [0, 0.05) is 19.1 Å². The van der Waals surface area contributed by atoms with Gasteiger partial charge in [-0.05, 0) is 25.7 Å². The number of hydrogen-bond acceptors (Lipinski definition) is 3. The summed E-state index contributed by atoms with van der Waals surface area (Å²) in [6.45, 7) is -0.477. The van der Waals surface area contributed by atoms with E-state index in [1.807, 2.05) is 0 Å². The molecule has 1 atom stereocenters. The third kappa shape index (κ3) is 4.99. The van der Waals surface area contributed by atoms with Gasteiger partial charge in [0.2, 0.25) is 5.91 Å². The van der Waals surface area contributed by atoms with Crippen molar-refractivity contribution in [2.24, 2.45) is 0 Å². The first kappa shape index (κ1) is 14.6. The number of rotatable bonds is 6. The fourth-order valence-corrected chi connectivity index (χ4v) is 2.21. The van der Waals surface area contributed by atoms with Gasteiger partial charge in [0.1, 0.15) is 6.61 Å². The molecule has 0 spiro atoms. The second-order valence-electron chi connectivity index (χ2n) is 5.13. The number of amides is 1. The van der Waals surface area contributed by atoms with Crippen LogP contribution >= 0.6 is 0 Å². The van der Waals surface area contributed by atoms with Crippen molar-refractivity contribution in [1.82, 2.24) is 10.2 Å². The van der Waals surface area contributed by atoms with E-state index < -0.39 is 12.8 Å². The first-order chi connectivity index (χ1) is 8.96. The van der Waals surface area contributed by atoms with Crippen molar-refractivity contribution >= 4 is 5.91 Å². The molecule has 7 heteroatoms. The van der Waals surface area contributed by atoms with Gasteiger partial charge >= 0.3 is 6.18 Å². The first-order valence-electron chi connectivity index (χ1n) is 6.65. The van der Waals surface area contributed by atoms with E-state index in [4.69, 9.17) is 0 Å². The van der Waals surface area contributed by atoms with Crippen LogP contribution in [0, 0.1) is 0 Å². The minimum Gasteiger partial charge on any atom is -0.370 e. The maximum atomic E-state index is 12.1. The molecule has 1 aliphatic carbocycles. The molecule has 0 bridgehead atoms. The number of hydrogen-bond donors (Lipinski definition) is 1. The van der Waals surface area contributed by atoms with E-state index in [2.05, 4.69) is 10.1 Å². The average Bonchev–Trinajstić information content (AvgIpc) is 3.11. The molecule has 110 valence electrons. The lowest BCUT2D eigenvalue weighted by Crippen LogP contribution is -2.52. The summed E-state index contributed by atoms with van der Waals surface area (Å²) in [5.41, 5.74) is 0. The summed E-state index contributed by atoms with van der Waals surface area (Å²) < 4.78 is 40.2. The minimum absolute atomic E-state index is 0.00578. The van der Waals surface area contributed by atoms with Gasteiger partial charge in [0.15, 0.2) is 0 Å². The minimum atomic E-state index is -4.30. The molecule has 1 N–H and O–H groups in total. The molecule has 2 rings (SSSR count). The Morgan fingerprint density at radius 1 is 1.32 bits per heavy atom. The normalized spacial score (nSPS) is 24.9. The molecule has 0 aromatic heterocycles. The van der Waals surface area contributed by atoms with Crippen LogP contribution in [-0.2, 0) is 9.53 Å². The Morgan fingerprint density at radius 3 is 2.68 bits per heavy atom. The second-order valence-corrected chi connectivity index (χ2v) is 5.13. The van der Waals surface area contributed by atoms with Gasteiger partial charge in [0.25, 0.3) is 0 Å². The molecule has 2 aliphatic rings. The first-order valence-corrected chi connectivity index (χ1v) is 6.65. The molecular weight excluding hydrogens is 261 g/mol. The SMILES string of the molecule is O=C1C(NC2CC2)CCCN1CCOCC(F)(F)F. The highest BCUT2D eigenvalue weighted by molar-refractivity contribution is 5.82. The lowest BCUT2D eigenvalue weighted by atomic mass is 10.0. The number of halogens is 3. The number of carbonyl (C=O) groups is 1. The fraction of sp³-hybridized carbons (Fsp3) is 0.917. The van der Waals surface area contributed by atoms with Crippen LogP contribution in [0.3, 0.4) is 0 Å². The third-order valence-electron chi connectivity index (χ3n) is 3.32. The van der Waals surface area contributed by atoms with Crippen LogP contribution in [0.25, 0.3) is 0 Å². The highest BCUT2D eigenvalue weighted by atomic mass is 19.4. The topological polar surface area (TPSA) is 41.6 Å². The Bertz CT molecular complexity index is 319. The number of likely N-dealkylation sites (tertiary alicyclic amines) is 1. The van der Waals surface area contributed by atoms with Crippen LogP contribution < -0.4 is 5.32 Å². The highest BCUT2D eigenvalue weighted by Gasteiger charge is 2.33. The van der Waals surface area contributed by atoms with Crippen LogP contribution in [0.2, 0.25) is 0 Å². The molecule has 4 nitrogen and oxygen atoms in total. The van der Waals surface area contributed by atoms with Gasteiger partial charge in [-0.15, -0.1) is 0 Å². The Morgan fingerprint density at radius 2 is 2.05 bits per heavy atom. The number of carbonyl (C=O) groups excluding carboxylic acids is 1. The van der Waals surface area contributed by atoms with E-state index in [9.17, 15) is 18.0 Å². The van der Waals surface area contributed by atoms with E-state index >= 15 is 0 Å². The summed E-state index contributed by atoms with van der Waals surface area (Å²) >= 11 is 0. The zero-order valence-electron chi connectivity index (χ0n) is 10.7. The van der Waals surface area contributed by atoms with Crippen molar-refractivity contribution < 1.29 is 22.7 Å². The standard InChI is InChI=1S/C12H19F3N2O2/c13-12(14,15)8-19-7-6-17-5-1-2-10(11(17)18)16-9-3-4-9/h9-10,16H,1-8H2. The number of nitrogens with one attached hydrogen (secondary N) is 1. The number of nitrogens with zero attached hydrogens (tertiary/aromatic N) is 1. The molecule has 19 heavy (non-hydrogen) atoms. The lowest BCUT2D eigenvalue weighted by molar-refractivity contribution is -0.175. The van der Waals surface area contributed by atoms with Crippen LogP contribution in [-0.4, -0.2) is 55.4 Å². The van der Waals surface area contributed by atoms with Crippen LogP contribution in [0.5, 0.6) is 0 Å². The van der Waals surface area contributed by atoms with Crippen molar-refractivity contribution in [1.29, 1.82) is 0 Å².